The van der Waals surface area contributed by atoms with Crippen molar-refractivity contribution >= 4 is 18.1 Å². The van der Waals surface area contributed by atoms with Crippen molar-refractivity contribution in [2.75, 3.05) is 6.35 Å². The summed E-state index contributed by atoms with van der Waals surface area (Å²) in [7, 11) is -2.28. The molecule has 0 radical (unpaired) electrons. The second-order valence-electron chi connectivity index (χ2n) is 3.85. The van der Waals surface area contributed by atoms with E-state index >= 15 is 0 Å². The van der Waals surface area contributed by atoms with Crippen LogP contribution < -0.4 is 15.3 Å². The monoisotopic (exact) mass is 231 g/mol. The first-order valence-electron chi connectivity index (χ1n) is 5.19. The van der Waals surface area contributed by atoms with E-state index in [1.165, 1.54) is 0 Å². The van der Waals surface area contributed by atoms with Crippen LogP contribution in [-0.4, -0.2) is 11.2 Å². The van der Waals surface area contributed by atoms with Crippen molar-refractivity contribution in [2.45, 2.75) is 0 Å². The summed E-state index contributed by atoms with van der Waals surface area (Å²) >= 11 is 0. The topological polar surface area (TPSA) is 29.5 Å². The molecule has 2 nitrogen and oxygen atoms in total. The Balaban J connectivity index is 2.15. The first kappa shape index (κ1) is 9.83. The van der Waals surface area contributed by atoms with Crippen LogP contribution >= 0.6 is 7.49 Å². The smallest absolute Gasteiger partial charge is 0.248 e. The van der Waals surface area contributed by atoms with Gasteiger partial charge in [-0.2, -0.15) is 0 Å². The van der Waals surface area contributed by atoms with Gasteiger partial charge in [-0.3, -0.25) is 0 Å². The predicted molar refractivity (Wildman–Crippen MR) is 66.8 cm³/mol. The highest BCUT2D eigenvalue weighted by atomic mass is 31.2. The molecule has 0 aliphatic carbocycles. The van der Waals surface area contributed by atoms with E-state index in [-0.39, 0.29) is 0 Å². The second kappa shape index (κ2) is 3.58. The van der Waals surface area contributed by atoms with Gasteiger partial charge in [0.05, 0.1) is 0 Å². The SMILES string of the molecule is O[P+]1(c2ccccc2)COc2ccccc21. The number of ether oxygens (including phenoxy) is 1. The van der Waals surface area contributed by atoms with Gasteiger partial charge in [0.1, 0.15) is 5.30 Å². The van der Waals surface area contributed by atoms with Crippen molar-refractivity contribution in [2.24, 2.45) is 0 Å². The maximum absolute atomic E-state index is 10.8. The summed E-state index contributed by atoms with van der Waals surface area (Å²) in [5, 5.41) is 1.95. The Morgan fingerprint density at radius 1 is 0.938 bits per heavy atom. The minimum atomic E-state index is -2.28. The highest BCUT2D eigenvalue weighted by Crippen LogP contribution is 2.57. The third-order valence-electron chi connectivity index (χ3n) is 2.85. The molecular weight excluding hydrogens is 219 g/mol. The summed E-state index contributed by atoms with van der Waals surface area (Å²) in [5.41, 5.74) is 0. The summed E-state index contributed by atoms with van der Waals surface area (Å²) in [6.45, 7) is 0. The van der Waals surface area contributed by atoms with Crippen molar-refractivity contribution < 1.29 is 9.63 Å². The zero-order chi connectivity index (χ0) is 11.0. The molecule has 16 heavy (non-hydrogen) atoms. The number of para-hydroxylation sites is 1. The molecule has 1 heterocycles. The molecule has 0 bridgehead atoms. The van der Waals surface area contributed by atoms with E-state index in [9.17, 15) is 4.89 Å². The summed E-state index contributed by atoms with van der Waals surface area (Å²) in [6.07, 6.45) is 0.399. The van der Waals surface area contributed by atoms with Crippen molar-refractivity contribution in [1.82, 2.24) is 0 Å². The summed E-state index contributed by atoms with van der Waals surface area (Å²) in [6, 6.07) is 17.6. The number of rotatable bonds is 1. The molecule has 1 aliphatic heterocycles. The highest BCUT2D eigenvalue weighted by molar-refractivity contribution is 7.85. The Labute approximate surface area is 94.9 Å². The van der Waals surface area contributed by atoms with Gasteiger partial charge in [-0.05, 0) is 24.3 Å². The van der Waals surface area contributed by atoms with Crippen molar-refractivity contribution in [3.63, 3.8) is 0 Å². The Morgan fingerprint density at radius 2 is 1.62 bits per heavy atom. The minimum absolute atomic E-state index is 0.399. The molecule has 1 N–H and O–H groups in total. The van der Waals surface area contributed by atoms with Crippen molar-refractivity contribution in [3.8, 4) is 5.75 Å². The van der Waals surface area contributed by atoms with Gasteiger partial charge in [-0.15, -0.1) is 0 Å². The third kappa shape index (κ3) is 1.35. The molecule has 0 saturated heterocycles. The molecule has 0 amide bonds. The van der Waals surface area contributed by atoms with Gasteiger partial charge in [-0.25, -0.2) is 4.89 Å². The molecule has 1 atom stereocenters. The van der Waals surface area contributed by atoms with Crippen LogP contribution in [0.3, 0.4) is 0 Å². The lowest BCUT2D eigenvalue weighted by Gasteiger charge is -2.11. The fourth-order valence-electron chi connectivity index (χ4n) is 2.01. The molecule has 0 fully saturated rings. The van der Waals surface area contributed by atoms with Gasteiger partial charge >= 0.3 is 0 Å². The van der Waals surface area contributed by atoms with E-state index in [0.29, 0.717) is 6.35 Å². The maximum atomic E-state index is 10.8. The number of fused-ring (bicyclic) bond motifs is 1. The zero-order valence-electron chi connectivity index (χ0n) is 8.71. The van der Waals surface area contributed by atoms with Crippen LogP contribution in [0.25, 0.3) is 0 Å². The number of benzene rings is 2. The molecule has 0 saturated carbocycles. The normalized spacial score (nSPS) is 22.6. The van der Waals surface area contributed by atoms with Crippen LogP contribution in [0.1, 0.15) is 0 Å². The van der Waals surface area contributed by atoms with Crippen LogP contribution in [0.2, 0.25) is 0 Å². The first-order valence-corrected chi connectivity index (χ1v) is 7.12. The molecule has 80 valence electrons. The Hall–Kier alpha value is -1.37. The third-order valence-corrected chi connectivity index (χ3v) is 5.68. The van der Waals surface area contributed by atoms with Crippen molar-refractivity contribution in [1.29, 1.82) is 0 Å². The molecular formula is C13H12O2P+. The predicted octanol–water partition coefficient (Wildman–Crippen LogP) is 1.91. The van der Waals surface area contributed by atoms with Crippen LogP contribution in [-0.2, 0) is 0 Å². The van der Waals surface area contributed by atoms with E-state index < -0.39 is 7.49 Å². The fraction of sp³-hybridized carbons (Fsp3) is 0.0769. The molecule has 3 rings (SSSR count). The van der Waals surface area contributed by atoms with E-state index in [2.05, 4.69) is 0 Å². The standard InChI is InChI=1S/C13H12O2P/c14-16(11-6-2-1-3-7-11)10-15-12-8-4-5-9-13(12)16/h1-9,14H,10H2/q+1. The lowest BCUT2D eigenvalue weighted by molar-refractivity contribution is 0.391. The van der Waals surface area contributed by atoms with Crippen LogP contribution in [0.5, 0.6) is 5.75 Å². The van der Waals surface area contributed by atoms with E-state index in [4.69, 9.17) is 4.74 Å². The number of hydrogen-bond donors (Lipinski definition) is 1. The maximum Gasteiger partial charge on any atom is 0.248 e. The number of hydrogen-bond acceptors (Lipinski definition) is 2. The van der Waals surface area contributed by atoms with Gasteiger partial charge in [0, 0.05) is 0 Å². The first-order chi connectivity index (χ1) is 7.81. The summed E-state index contributed by atoms with van der Waals surface area (Å²) < 4.78 is 5.57. The Morgan fingerprint density at radius 3 is 2.44 bits per heavy atom. The largest absolute Gasteiger partial charge is 0.452 e. The van der Waals surface area contributed by atoms with Gasteiger partial charge in [-0.1, -0.05) is 30.3 Å². The summed E-state index contributed by atoms with van der Waals surface area (Å²) in [4.78, 5) is 10.8. The fourth-order valence-corrected chi connectivity index (χ4v) is 4.40. The quantitative estimate of drug-likeness (QED) is 0.760. The van der Waals surface area contributed by atoms with E-state index in [1.54, 1.807) is 0 Å². The highest BCUT2D eigenvalue weighted by Gasteiger charge is 2.49. The lowest BCUT2D eigenvalue weighted by atomic mass is 10.3. The second-order valence-corrected chi connectivity index (χ2v) is 6.64. The molecule has 1 unspecified atom stereocenters. The van der Waals surface area contributed by atoms with Crippen LogP contribution in [0.15, 0.2) is 54.6 Å². The summed E-state index contributed by atoms with van der Waals surface area (Å²) in [5.74, 6) is 0.821. The van der Waals surface area contributed by atoms with Gasteiger partial charge < -0.3 is 4.74 Å². The van der Waals surface area contributed by atoms with Crippen LogP contribution in [0.4, 0.5) is 0 Å². The molecule has 0 aromatic heterocycles. The zero-order valence-corrected chi connectivity index (χ0v) is 9.60. The average Bonchev–Trinajstić information content (AvgIpc) is 2.71. The molecule has 2 aromatic rings. The minimum Gasteiger partial charge on any atom is -0.452 e. The molecule has 1 aliphatic rings. The lowest BCUT2D eigenvalue weighted by Crippen LogP contribution is -2.19. The molecule has 0 spiro atoms. The molecule has 2 aromatic carbocycles. The van der Waals surface area contributed by atoms with Gasteiger partial charge in [0.2, 0.25) is 13.8 Å². The van der Waals surface area contributed by atoms with Crippen LogP contribution in [0, 0.1) is 0 Å². The van der Waals surface area contributed by atoms with E-state index in [0.717, 1.165) is 16.4 Å². The Kier molecular flexibility index (Phi) is 2.20. The average molecular weight is 231 g/mol. The van der Waals surface area contributed by atoms with E-state index in [1.807, 2.05) is 54.6 Å². The van der Waals surface area contributed by atoms with Gasteiger partial charge in [0.25, 0.3) is 0 Å². The Bertz CT molecular complexity index is 512. The molecule has 3 heteroatoms. The van der Waals surface area contributed by atoms with Gasteiger partial charge in [0.15, 0.2) is 11.1 Å². The van der Waals surface area contributed by atoms with Crippen molar-refractivity contribution in [3.05, 3.63) is 54.6 Å².